The van der Waals surface area contributed by atoms with Crippen molar-refractivity contribution >= 4 is 33.3 Å². The highest BCUT2D eigenvalue weighted by Gasteiger charge is 2.27. The van der Waals surface area contributed by atoms with Crippen LogP contribution in [0, 0.1) is 0 Å². The van der Waals surface area contributed by atoms with Gasteiger partial charge in [-0.15, -0.1) is 0 Å². The zero-order valence-corrected chi connectivity index (χ0v) is 12.1. The molecule has 1 amide bonds. The summed E-state index contributed by atoms with van der Waals surface area (Å²) in [4.78, 5) is 23.6. The van der Waals surface area contributed by atoms with Crippen molar-refractivity contribution in [3.8, 4) is 5.75 Å². The number of rotatable bonds is 2. The van der Waals surface area contributed by atoms with Gasteiger partial charge in [-0.3, -0.25) is 9.59 Å². The fourth-order valence-electron chi connectivity index (χ4n) is 2.10. The van der Waals surface area contributed by atoms with Gasteiger partial charge in [0.25, 0.3) is 5.91 Å². The van der Waals surface area contributed by atoms with Crippen LogP contribution in [0.25, 0.3) is 0 Å². The van der Waals surface area contributed by atoms with Gasteiger partial charge in [-0.05, 0) is 28.1 Å². The molecule has 2 heterocycles. The molecule has 2 aliphatic heterocycles. The van der Waals surface area contributed by atoms with Gasteiger partial charge in [0.15, 0.2) is 12.4 Å². The fraction of sp³-hybridized carbons (Fsp3) is 0.385. The standard InChI is InChI=1S/C13H12BrNO5/c14-8-4-9-10(20-6-12(16)15-9)3-7(8)13(17)11-5-18-1-2-19-11/h3-4,11H,1-2,5-6H2,(H,15,16). The minimum absolute atomic E-state index is 0.0503. The van der Waals surface area contributed by atoms with Crippen molar-refractivity contribution in [2.45, 2.75) is 6.10 Å². The summed E-state index contributed by atoms with van der Waals surface area (Å²) in [6.07, 6.45) is -0.601. The van der Waals surface area contributed by atoms with Crippen molar-refractivity contribution in [2.75, 3.05) is 31.7 Å². The largest absolute Gasteiger partial charge is 0.482 e. The lowest BCUT2D eigenvalue weighted by Crippen LogP contribution is -2.35. The molecule has 2 aliphatic rings. The lowest BCUT2D eigenvalue weighted by Gasteiger charge is -2.23. The van der Waals surface area contributed by atoms with Crippen molar-refractivity contribution in [3.63, 3.8) is 0 Å². The van der Waals surface area contributed by atoms with Crippen LogP contribution in [-0.2, 0) is 14.3 Å². The van der Waals surface area contributed by atoms with Gasteiger partial charge >= 0.3 is 0 Å². The van der Waals surface area contributed by atoms with Crippen LogP contribution in [0.3, 0.4) is 0 Å². The van der Waals surface area contributed by atoms with Crippen molar-refractivity contribution in [1.82, 2.24) is 0 Å². The van der Waals surface area contributed by atoms with Crippen molar-refractivity contribution in [2.24, 2.45) is 0 Å². The molecule has 0 aromatic heterocycles. The Morgan fingerprint density at radius 1 is 1.35 bits per heavy atom. The number of nitrogens with one attached hydrogen (secondary N) is 1. The van der Waals surface area contributed by atoms with Gasteiger partial charge in [0.2, 0.25) is 0 Å². The van der Waals surface area contributed by atoms with E-state index in [4.69, 9.17) is 14.2 Å². The highest BCUT2D eigenvalue weighted by Crippen LogP contribution is 2.34. The van der Waals surface area contributed by atoms with Crippen LogP contribution in [0.1, 0.15) is 10.4 Å². The molecule has 1 N–H and O–H groups in total. The maximum Gasteiger partial charge on any atom is 0.262 e. The molecule has 6 nitrogen and oxygen atoms in total. The molecule has 3 rings (SSSR count). The molecule has 1 aromatic rings. The predicted octanol–water partition coefficient (Wildman–Crippen LogP) is 1.38. The van der Waals surface area contributed by atoms with Crippen molar-refractivity contribution in [3.05, 3.63) is 22.2 Å². The second kappa shape index (κ2) is 5.51. The van der Waals surface area contributed by atoms with Gasteiger partial charge < -0.3 is 19.5 Å². The van der Waals surface area contributed by atoms with E-state index in [0.717, 1.165) is 0 Å². The van der Waals surface area contributed by atoms with Gasteiger partial charge in [-0.2, -0.15) is 0 Å². The molecule has 7 heteroatoms. The summed E-state index contributed by atoms with van der Waals surface area (Å²) in [6, 6.07) is 3.27. The van der Waals surface area contributed by atoms with Gasteiger partial charge in [0.05, 0.1) is 25.5 Å². The summed E-state index contributed by atoms with van der Waals surface area (Å²) in [7, 11) is 0. The van der Waals surface area contributed by atoms with E-state index < -0.39 is 6.10 Å². The Bertz CT molecular complexity index is 568. The number of carbonyl (C=O) groups is 2. The minimum Gasteiger partial charge on any atom is -0.482 e. The van der Waals surface area contributed by atoms with E-state index in [1.165, 1.54) is 0 Å². The van der Waals surface area contributed by atoms with E-state index in [2.05, 4.69) is 21.2 Å². The zero-order valence-electron chi connectivity index (χ0n) is 10.5. The number of Topliss-reactive ketones (excluding diaryl/α,β-unsaturated/α-hetero) is 1. The molecular formula is C13H12BrNO5. The number of fused-ring (bicyclic) bond motifs is 1. The van der Waals surface area contributed by atoms with E-state index in [1.54, 1.807) is 12.1 Å². The first kappa shape index (κ1) is 13.5. The molecule has 1 saturated heterocycles. The normalized spacial score (nSPS) is 21.6. The van der Waals surface area contributed by atoms with Crippen LogP contribution in [0.2, 0.25) is 0 Å². The van der Waals surface area contributed by atoms with Gasteiger partial charge in [-0.1, -0.05) is 0 Å². The lowest BCUT2D eigenvalue weighted by molar-refractivity contribution is -0.118. The minimum atomic E-state index is -0.601. The van der Waals surface area contributed by atoms with Crippen LogP contribution in [0.4, 0.5) is 5.69 Å². The quantitative estimate of drug-likeness (QED) is 0.822. The summed E-state index contributed by atoms with van der Waals surface area (Å²) >= 11 is 3.34. The van der Waals surface area contributed by atoms with Gasteiger partial charge in [0.1, 0.15) is 11.9 Å². The molecule has 0 radical (unpaired) electrons. The third-order valence-corrected chi connectivity index (χ3v) is 3.73. The number of anilines is 1. The van der Waals surface area contributed by atoms with Crippen LogP contribution in [-0.4, -0.2) is 44.2 Å². The Morgan fingerprint density at radius 2 is 2.20 bits per heavy atom. The predicted molar refractivity (Wildman–Crippen MR) is 73.2 cm³/mol. The number of benzene rings is 1. The lowest BCUT2D eigenvalue weighted by atomic mass is 10.0. The van der Waals surface area contributed by atoms with Crippen LogP contribution in [0.5, 0.6) is 5.75 Å². The Morgan fingerprint density at radius 3 is 2.95 bits per heavy atom. The van der Waals surface area contributed by atoms with Gasteiger partial charge in [0, 0.05) is 10.0 Å². The first-order valence-corrected chi connectivity index (χ1v) is 6.94. The number of hydrogen-bond acceptors (Lipinski definition) is 5. The summed E-state index contributed by atoms with van der Waals surface area (Å²) in [5.74, 6) is 0.0974. The number of amides is 1. The van der Waals surface area contributed by atoms with Crippen LogP contribution >= 0.6 is 15.9 Å². The molecule has 1 fully saturated rings. The van der Waals surface area contributed by atoms with E-state index in [9.17, 15) is 9.59 Å². The highest BCUT2D eigenvalue weighted by atomic mass is 79.9. The second-order valence-corrected chi connectivity index (χ2v) is 5.32. The van der Waals surface area contributed by atoms with Crippen molar-refractivity contribution in [1.29, 1.82) is 0 Å². The molecule has 0 aliphatic carbocycles. The third kappa shape index (κ3) is 2.56. The molecule has 1 aromatic carbocycles. The van der Waals surface area contributed by atoms with Crippen LogP contribution in [0.15, 0.2) is 16.6 Å². The molecule has 20 heavy (non-hydrogen) atoms. The summed E-state index contributed by atoms with van der Waals surface area (Å²) < 4.78 is 16.5. The Balaban J connectivity index is 1.89. The molecule has 1 atom stereocenters. The first-order chi connectivity index (χ1) is 9.65. The molecule has 1 unspecified atom stereocenters. The maximum absolute atomic E-state index is 12.4. The average molecular weight is 342 g/mol. The SMILES string of the molecule is O=C1COc2cc(C(=O)C3COCCO3)c(Br)cc2N1. The van der Waals surface area contributed by atoms with E-state index in [1.807, 2.05) is 0 Å². The highest BCUT2D eigenvalue weighted by molar-refractivity contribution is 9.10. The topological polar surface area (TPSA) is 73.9 Å². The molecule has 0 saturated carbocycles. The zero-order chi connectivity index (χ0) is 14.1. The number of ketones is 1. The van der Waals surface area contributed by atoms with E-state index >= 15 is 0 Å². The Hall–Kier alpha value is -1.44. The molecular weight excluding hydrogens is 330 g/mol. The summed E-state index contributed by atoms with van der Waals surface area (Å²) in [5.41, 5.74) is 1.00. The maximum atomic E-state index is 12.4. The number of hydrogen-bond donors (Lipinski definition) is 1. The number of ether oxygens (including phenoxy) is 3. The third-order valence-electron chi connectivity index (χ3n) is 3.08. The van der Waals surface area contributed by atoms with E-state index in [0.29, 0.717) is 34.7 Å². The average Bonchev–Trinajstić information content (AvgIpc) is 2.46. The fourth-order valence-corrected chi connectivity index (χ4v) is 2.64. The summed E-state index contributed by atoms with van der Waals surface area (Å²) in [5, 5.41) is 2.69. The van der Waals surface area contributed by atoms with Gasteiger partial charge in [-0.25, -0.2) is 0 Å². The second-order valence-electron chi connectivity index (χ2n) is 4.46. The molecule has 106 valence electrons. The smallest absolute Gasteiger partial charge is 0.262 e. The number of halogens is 1. The first-order valence-electron chi connectivity index (χ1n) is 6.15. The summed E-state index contributed by atoms with van der Waals surface area (Å²) in [6.45, 7) is 1.11. The molecule has 0 spiro atoms. The Labute approximate surface area is 123 Å². The Kier molecular flexibility index (Phi) is 3.73. The monoisotopic (exact) mass is 341 g/mol. The van der Waals surface area contributed by atoms with Crippen molar-refractivity contribution < 1.29 is 23.8 Å². The molecule has 0 bridgehead atoms. The van der Waals surface area contributed by atoms with Crippen LogP contribution < -0.4 is 10.1 Å². The number of carbonyl (C=O) groups excluding carboxylic acids is 2. The van der Waals surface area contributed by atoms with E-state index in [-0.39, 0.29) is 24.9 Å².